The molecule has 2 amide bonds. The SMILES string of the molecule is O=C(C=Cc1ccccc1)NC(=S)N1CCNC(=O)C1CC(=O)OCc1ccccc1. The maximum Gasteiger partial charge on any atom is 0.308 e. The van der Waals surface area contributed by atoms with Gasteiger partial charge >= 0.3 is 5.97 Å². The molecule has 0 radical (unpaired) electrons. The Morgan fingerprint density at radius 3 is 2.52 bits per heavy atom. The number of hydrogen-bond donors (Lipinski definition) is 2. The molecule has 1 aliphatic rings. The maximum atomic E-state index is 12.4. The van der Waals surface area contributed by atoms with Gasteiger partial charge < -0.3 is 15.0 Å². The number of benzene rings is 2. The number of piperazine rings is 1. The Hall–Kier alpha value is -3.52. The normalized spacial score (nSPS) is 15.9. The third-order valence-electron chi connectivity index (χ3n) is 4.65. The molecule has 2 N–H and O–H groups in total. The molecule has 1 unspecified atom stereocenters. The van der Waals surface area contributed by atoms with Crippen molar-refractivity contribution in [2.75, 3.05) is 13.1 Å². The monoisotopic (exact) mass is 437 g/mol. The molecule has 0 saturated carbocycles. The van der Waals surface area contributed by atoms with Crippen molar-refractivity contribution < 1.29 is 19.1 Å². The van der Waals surface area contributed by atoms with Gasteiger partial charge in [0.05, 0.1) is 6.42 Å². The van der Waals surface area contributed by atoms with E-state index in [1.54, 1.807) is 11.0 Å². The van der Waals surface area contributed by atoms with Crippen LogP contribution in [0, 0.1) is 0 Å². The molecule has 0 aromatic heterocycles. The highest BCUT2D eigenvalue weighted by molar-refractivity contribution is 7.80. The number of thiocarbonyl (C=S) groups is 1. The first kappa shape index (κ1) is 22.2. The second kappa shape index (κ2) is 11.0. The van der Waals surface area contributed by atoms with E-state index in [4.69, 9.17) is 17.0 Å². The van der Waals surface area contributed by atoms with Gasteiger partial charge in [-0.25, -0.2) is 0 Å². The van der Waals surface area contributed by atoms with Gasteiger partial charge in [-0.1, -0.05) is 60.7 Å². The van der Waals surface area contributed by atoms with Crippen LogP contribution in [-0.4, -0.2) is 46.9 Å². The van der Waals surface area contributed by atoms with E-state index in [0.29, 0.717) is 13.1 Å². The van der Waals surface area contributed by atoms with Crippen LogP contribution in [0.3, 0.4) is 0 Å². The minimum atomic E-state index is -0.845. The minimum Gasteiger partial charge on any atom is -0.461 e. The van der Waals surface area contributed by atoms with E-state index in [1.807, 2.05) is 60.7 Å². The average Bonchev–Trinajstić information content (AvgIpc) is 2.79. The number of rotatable bonds is 6. The number of carbonyl (C=O) groups excluding carboxylic acids is 3. The van der Waals surface area contributed by atoms with Crippen LogP contribution >= 0.6 is 12.2 Å². The molecule has 0 bridgehead atoms. The summed E-state index contributed by atoms with van der Waals surface area (Å²) in [6.07, 6.45) is 2.86. The predicted molar refractivity (Wildman–Crippen MR) is 121 cm³/mol. The molecule has 160 valence electrons. The molecule has 31 heavy (non-hydrogen) atoms. The first-order chi connectivity index (χ1) is 15.0. The van der Waals surface area contributed by atoms with E-state index in [-0.39, 0.29) is 24.0 Å². The fourth-order valence-electron chi connectivity index (χ4n) is 3.07. The van der Waals surface area contributed by atoms with E-state index in [0.717, 1.165) is 11.1 Å². The molecule has 0 spiro atoms. The lowest BCUT2D eigenvalue weighted by molar-refractivity contribution is -0.148. The molecule has 2 aromatic rings. The van der Waals surface area contributed by atoms with Crippen molar-refractivity contribution in [1.82, 2.24) is 15.5 Å². The van der Waals surface area contributed by atoms with Crippen molar-refractivity contribution in [2.24, 2.45) is 0 Å². The Bertz CT molecular complexity index is 963. The van der Waals surface area contributed by atoms with Crippen LogP contribution in [-0.2, 0) is 25.7 Å². The van der Waals surface area contributed by atoms with Crippen molar-refractivity contribution in [2.45, 2.75) is 19.1 Å². The molecular weight excluding hydrogens is 414 g/mol. The fourth-order valence-corrected chi connectivity index (χ4v) is 3.39. The van der Waals surface area contributed by atoms with Crippen molar-refractivity contribution >= 4 is 41.2 Å². The number of nitrogens with zero attached hydrogens (tertiary/aromatic N) is 1. The van der Waals surface area contributed by atoms with Gasteiger partial charge in [-0.3, -0.25) is 19.7 Å². The molecule has 8 heteroatoms. The van der Waals surface area contributed by atoms with Crippen molar-refractivity contribution in [3.63, 3.8) is 0 Å². The molecule has 1 heterocycles. The summed E-state index contributed by atoms with van der Waals surface area (Å²) in [4.78, 5) is 38.5. The van der Waals surface area contributed by atoms with E-state index in [9.17, 15) is 14.4 Å². The van der Waals surface area contributed by atoms with Gasteiger partial charge in [-0.15, -0.1) is 0 Å². The zero-order valence-electron chi connectivity index (χ0n) is 16.8. The van der Waals surface area contributed by atoms with Crippen molar-refractivity contribution in [3.05, 3.63) is 77.9 Å². The average molecular weight is 438 g/mol. The van der Waals surface area contributed by atoms with E-state index in [1.165, 1.54) is 6.08 Å². The topological polar surface area (TPSA) is 87.7 Å². The predicted octanol–water partition coefficient (Wildman–Crippen LogP) is 2.03. The van der Waals surface area contributed by atoms with E-state index in [2.05, 4.69) is 10.6 Å². The molecule has 1 aliphatic heterocycles. The summed E-state index contributed by atoms with van der Waals surface area (Å²) in [5.41, 5.74) is 1.73. The summed E-state index contributed by atoms with van der Waals surface area (Å²) in [5.74, 6) is -1.27. The lowest BCUT2D eigenvalue weighted by Crippen LogP contribution is -2.60. The Morgan fingerprint density at radius 2 is 1.81 bits per heavy atom. The van der Waals surface area contributed by atoms with Gasteiger partial charge in [-0.05, 0) is 29.4 Å². The number of carbonyl (C=O) groups is 3. The quantitative estimate of drug-likeness (QED) is 0.409. The van der Waals surface area contributed by atoms with E-state index >= 15 is 0 Å². The van der Waals surface area contributed by atoms with Gasteiger partial charge in [-0.2, -0.15) is 0 Å². The second-order valence-electron chi connectivity index (χ2n) is 6.89. The standard InChI is InChI=1S/C23H23N3O4S/c27-20(12-11-17-7-3-1-4-8-17)25-23(31)26-14-13-24-22(29)19(26)15-21(28)30-16-18-9-5-2-6-10-18/h1-12,19H,13-16H2,(H,24,29)(H,25,27,31). The van der Waals surface area contributed by atoms with Crippen LogP contribution in [0.1, 0.15) is 17.5 Å². The van der Waals surface area contributed by atoms with Crippen LogP contribution < -0.4 is 10.6 Å². The lowest BCUT2D eigenvalue weighted by atomic mass is 10.1. The van der Waals surface area contributed by atoms with Crippen LogP contribution in [0.15, 0.2) is 66.7 Å². The van der Waals surface area contributed by atoms with Crippen LogP contribution in [0.2, 0.25) is 0 Å². The summed E-state index contributed by atoms with van der Waals surface area (Å²) in [6, 6.07) is 17.8. The zero-order chi connectivity index (χ0) is 22.1. The van der Waals surface area contributed by atoms with Gasteiger partial charge in [0.2, 0.25) is 11.8 Å². The lowest BCUT2D eigenvalue weighted by Gasteiger charge is -2.36. The van der Waals surface area contributed by atoms with Gasteiger partial charge in [0.1, 0.15) is 12.6 Å². The number of ether oxygens (including phenoxy) is 1. The summed E-state index contributed by atoms with van der Waals surface area (Å²) >= 11 is 5.33. The fraction of sp³-hybridized carbons (Fsp3) is 0.217. The molecule has 1 atom stereocenters. The largest absolute Gasteiger partial charge is 0.461 e. The molecule has 1 fully saturated rings. The summed E-state index contributed by atoms with van der Waals surface area (Å²) in [7, 11) is 0. The Balaban J connectivity index is 1.56. The number of amides is 2. The van der Waals surface area contributed by atoms with Gasteiger partial charge in [0.15, 0.2) is 5.11 Å². The third-order valence-corrected chi connectivity index (χ3v) is 4.99. The number of hydrogen-bond acceptors (Lipinski definition) is 5. The first-order valence-corrected chi connectivity index (χ1v) is 10.3. The summed E-state index contributed by atoms with van der Waals surface area (Å²) in [5, 5.41) is 5.42. The zero-order valence-corrected chi connectivity index (χ0v) is 17.6. The highest BCUT2D eigenvalue weighted by Gasteiger charge is 2.34. The molecule has 1 saturated heterocycles. The van der Waals surface area contributed by atoms with Crippen molar-refractivity contribution in [3.8, 4) is 0 Å². The molecule has 2 aromatic carbocycles. The Labute approximate surface area is 186 Å². The second-order valence-corrected chi connectivity index (χ2v) is 7.28. The minimum absolute atomic E-state index is 0.0958. The van der Waals surface area contributed by atoms with Gasteiger partial charge in [0, 0.05) is 19.2 Å². The molecule has 3 rings (SSSR count). The van der Waals surface area contributed by atoms with Crippen LogP contribution in [0.4, 0.5) is 0 Å². The smallest absolute Gasteiger partial charge is 0.308 e. The molecular formula is C23H23N3O4S. The Morgan fingerprint density at radius 1 is 1.13 bits per heavy atom. The summed E-state index contributed by atoms with van der Waals surface area (Å²) in [6.45, 7) is 0.869. The first-order valence-electron chi connectivity index (χ1n) is 9.85. The number of nitrogens with one attached hydrogen (secondary N) is 2. The van der Waals surface area contributed by atoms with Crippen LogP contribution in [0.25, 0.3) is 6.08 Å². The molecule has 7 nitrogen and oxygen atoms in total. The number of esters is 1. The Kier molecular flexibility index (Phi) is 7.89. The van der Waals surface area contributed by atoms with E-state index < -0.39 is 17.9 Å². The van der Waals surface area contributed by atoms with Gasteiger partial charge in [0.25, 0.3) is 0 Å². The highest BCUT2D eigenvalue weighted by Crippen LogP contribution is 2.12. The van der Waals surface area contributed by atoms with Crippen LogP contribution in [0.5, 0.6) is 0 Å². The van der Waals surface area contributed by atoms with Crippen molar-refractivity contribution in [1.29, 1.82) is 0 Å². The maximum absolute atomic E-state index is 12.4. The highest BCUT2D eigenvalue weighted by atomic mass is 32.1. The molecule has 0 aliphatic carbocycles. The summed E-state index contributed by atoms with van der Waals surface area (Å²) < 4.78 is 5.29. The third kappa shape index (κ3) is 6.75.